The fourth-order valence-electron chi connectivity index (χ4n) is 2.61. The molecule has 1 saturated heterocycles. The van der Waals surface area contributed by atoms with E-state index in [4.69, 9.17) is 0 Å². The normalized spacial score (nSPS) is 24.1. The van der Waals surface area contributed by atoms with Crippen molar-refractivity contribution in [2.24, 2.45) is 5.92 Å². The zero-order valence-corrected chi connectivity index (χ0v) is 15.5. The van der Waals surface area contributed by atoms with Gasteiger partial charge in [0.1, 0.15) is 11.2 Å². The van der Waals surface area contributed by atoms with E-state index in [-0.39, 0.29) is 17.0 Å². The fraction of sp³-hybridized carbons (Fsp3) is 0.500. The lowest BCUT2D eigenvalue weighted by Gasteiger charge is -2.43. The number of aliphatic hydroxyl groups is 1. The maximum Gasteiger partial charge on any atom is 0.354 e. The Kier molecular flexibility index (Phi) is 5.19. The maximum absolute atomic E-state index is 12.1. The molecule has 0 aromatic carbocycles. The van der Waals surface area contributed by atoms with Gasteiger partial charge in [0.15, 0.2) is 5.70 Å². The average Bonchev–Trinajstić information content (AvgIpc) is 3.05. The molecule has 24 heavy (non-hydrogen) atoms. The largest absolute Gasteiger partial charge is 0.477 e. The van der Waals surface area contributed by atoms with E-state index < -0.39 is 18.0 Å². The van der Waals surface area contributed by atoms with Crippen molar-refractivity contribution in [3.05, 3.63) is 22.0 Å². The molecule has 2 aliphatic heterocycles. The molecule has 2 aliphatic rings. The van der Waals surface area contributed by atoms with Gasteiger partial charge in [0, 0.05) is 11.5 Å². The molecule has 3 atom stereocenters. The van der Waals surface area contributed by atoms with Crippen molar-refractivity contribution in [1.29, 1.82) is 0 Å². The molecule has 7 nitrogen and oxygen atoms in total. The van der Waals surface area contributed by atoms with Crippen LogP contribution in [-0.4, -0.2) is 59.9 Å². The number of carbonyl (C=O) groups excluding carboxylic acids is 1. The van der Waals surface area contributed by atoms with Crippen LogP contribution in [0.25, 0.3) is 0 Å². The Bertz CT molecular complexity index is 703. The van der Waals surface area contributed by atoms with Crippen LogP contribution in [0, 0.1) is 12.8 Å². The molecular weight excluding hydrogens is 370 g/mol. The molecule has 0 bridgehead atoms. The molecule has 3 rings (SSSR count). The predicted molar refractivity (Wildman–Crippen MR) is 94.6 cm³/mol. The number of aryl methyl sites for hydroxylation is 1. The zero-order chi connectivity index (χ0) is 17.4. The van der Waals surface area contributed by atoms with E-state index in [0.29, 0.717) is 4.24 Å². The molecule has 1 fully saturated rings. The van der Waals surface area contributed by atoms with Crippen molar-refractivity contribution in [3.8, 4) is 0 Å². The first kappa shape index (κ1) is 17.7. The number of nitrogens with zero attached hydrogens (tertiary/aromatic N) is 2. The summed E-state index contributed by atoms with van der Waals surface area (Å²) in [5, 5.41) is 19.8. The van der Waals surface area contributed by atoms with Gasteiger partial charge < -0.3 is 15.2 Å². The minimum absolute atomic E-state index is 0.0549. The molecular formula is C14H17N3O4S3. The van der Waals surface area contributed by atoms with Crippen molar-refractivity contribution in [3.63, 3.8) is 0 Å². The molecule has 130 valence electrons. The van der Waals surface area contributed by atoms with Crippen LogP contribution in [0.2, 0.25) is 0 Å². The van der Waals surface area contributed by atoms with Gasteiger partial charge in [-0.1, -0.05) is 11.8 Å². The molecule has 10 heteroatoms. The number of carboxylic acids is 1. The van der Waals surface area contributed by atoms with E-state index in [1.165, 1.54) is 28.4 Å². The second-order valence-corrected chi connectivity index (χ2v) is 9.08. The summed E-state index contributed by atoms with van der Waals surface area (Å²) in [7, 11) is 0. The number of β-lactam (4-membered cyclic amide) rings is 1. The molecule has 0 spiro atoms. The smallest absolute Gasteiger partial charge is 0.354 e. The lowest BCUT2D eigenvalue weighted by atomic mass is 9.92. The number of thioether (sulfide) groups is 3. The first-order chi connectivity index (χ1) is 11.4. The van der Waals surface area contributed by atoms with Gasteiger partial charge in [0.2, 0.25) is 5.91 Å². The van der Waals surface area contributed by atoms with E-state index in [0.717, 1.165) is 22.4 Å². The van der Waals surface area contributed by atoms with Crippen LogP contribution in [0.5, 0.6) is 0 Å². The molecule has 3 N–H and O–H groups in total. The van der Waals surface area contributed by atoms with Gasteiger partial charge in [-0.25, -0.2) is 9.78 Å². The van der Waals surface area contributed by atoms with Crippen molar-refractivity contribution in [1.82, 2.24) is 14.9 Å². The number of aromatic amines is 1. The number of nitrogens with one attached hydrogen (secondary N) is 1. The summed E-state index contributed by atoms with van der Waals surface area (Å²) < 4.78 is 0.644. The highest BCUT2D eigenvalue weighted by Gasteiger charge is 2.57. The number of H-pyrrole nitrogens is 1. The van der Waals surface area contributed by atoms with E-state index >= 15 is 0 Å². The summed E-state index contributed by atoms with van der Waals surface area (Å²) in [5.41, 5.74) is 0.0549. The summed E-state index contributed by atoms with van der Waals surface area (Å²) >= 11 is 4.42. The van der Waals surface area contributed by atoms with Gasteiger partial charge >= 0.3 is 5.97 Å². The summed E-state index contributed by atoms with van der Waals surface area (Å²) in [6.07, 6.45) is 0.999. The minimum Gasteiger partial charge on any atom is -0.477 e. The number of hydrogen-bond donors (Lipinski definition) is 3. The number of aromatic nitrogens is 2. The zero-order valence-electron chi connectivity index (χ0n) is 13.1. The van der Waals surface area contributed by atoms with Crippen molar-refractivity contribution >= 4 is 47.2 Å². The van der Waals surface area contributed by atoms with Crippen LogP contribution >= 0.6 is 35.3 Å². The highest BCUT2D eigenvalue weighted by atomic mass is 32.2. The Morgan fingerprint density at radius 2 is 2.21 bits per heavy atom. The van der Waals surface area contributed by atoms with Gasteiger partial charge in [0.25, 0.3) is 0 Å². The standard InChI is InChI=1S/C14H17N3O4S3/c1-6(18)9-11(19)17-10(13(20)21)14(24-12(9)17)23-4-3-22-8-5-15-7(2)16-8/h5-6,9,12,18H,3-4H2,1-2H3,(H,15,16)(H,20,21)/t6?,9-,12+/m0/s1. The molecule has 3 heterocycles. The summed E-state index contributed by atoms with van der Waals surface area (Å²) in [6, 6.07) is 0. The SMILES string of the molecule is Cc1ncc(SCCSC2=C(C(=O)O)N3C(=O)[C@H](C(C)O)[C@H]3S2)[nH]1. The Morgan fingerprint density at radius 3 is 2.79 bits per heavy atom. The third-order valence-corrected chi connectivity index (χ3v) is 7.57. The van der Waals surface area contributed by atoms with Crippen LogP contribution < -0.4 is 0 Å². The highest BCUT2D eigenvalue weighted by molar-refractivity contribution is 8.23. The van der Waals surface area contributed by atoms with E-state index in [2.05, 4.69) is 9.97 Å². The fourth-order valence-corrected chi connectivity index (χ4v) is 6.49. The van der Waals surface area contributed by atoms with Gasteiger partial charge in [-0.15, -0.1) is 23.5 Å². The lowest BCUT2D eigenvalue weighted by molar-refractivity contribution is -0.156. The molecule has 0 radical (unpaired) electrons. The number of imidazole rings is 1. The van der Waals surface area contributed by atoms with Crippen molar-refractivity contribution < 1.29 is 19.8 Å². The van der Waals surface area contributed by atoms with Crippen molar-refractivity contribution in [2.75, 3.05) is 11.5 Å². The van der Waals surface area contributed by atoms with E-state index in [1.54, 1.807) is 24.9 Å². The molecule has 0 aliphatic carbocycles. The number of hydrogen-bond acceptors (Lipinski definition) is 7. The average molecular weight is 388 g/mol. The van der Waals surface area contributed by atoms with Crippen LogP contribution in [0.1, 0.15) is 12.7 Å². The first-order valence-electron chi connectivity index (χ1n) is 7.32. The lowest BCUT2D eigenvalue weighted by Crippen LogP contribution is -2.60. The van der Waals surface area contributed by atoms with Crippen molar-refractivity contribution in [2.45, 2.75) is 30.4 Å². The third-order valence-electron chi connectivity index (χ3n) is 3.72. The van der Waals surface area contributed by atoms with Gasteiger partial charge in [-0.3, -0.25) is 9.69 Å². The second-order valence-electron chi connectivity index (χ2n) is 5.45. The molecule has 1 aromatic heterocycles. The summed E-state index contributed by atoms with van der Waals surface area (Å²) in [4.78, 5) is 32.2. The number of rotatable bonds is 7. The van der Waals surface area contributed by atoms with Gasteiger partial charge in [-0.05, 0) is 13.8 Å². The topological polar surface area (TPSA) is 107 Å². The quantitative estimate of drug-likeness (QED) is 0.369. The Balaban J connectivity index is 1.60. The Hall–Kier alpha value is -1.10. The molecule has 1 amide bonds. The van der Waals surface area contributed by atoms with Crippen LogP contribution in [0.3, 0.4) is 0 Å². The van der Waals surface area contributed by atoms with E-state index in [1.807, 2.05) is 6.92 Å². The minimum atomic E-state index is -1.10. The Morgan fingerprint density at radius 1 is 1.50 bits per heavy atom. The number of carbonyl (C=O) groups is 2. The number of amides is 1. The number of fused-ring (bicyclic) bond motifs is 1. The number of aliphatic hydroxyl groups excluding tert-OH is 1. The third kappa shape index (κ3) is 3.19. The van der Waals surface area contributed by atoms with Gasteiger partial charge in [0.05, 0.1) is 27.5 Å². The molecule has 1 unspecified atom stereocenters. The highest BCUT2D eigenvalue weighted by Crippen LogP contribution is 2.53. The number of carboxylic acid groups (broad SMARTS) is 1. The summed E-state index contributed by atoms with van der Waals surface area (Å²) in [5.74, 6) is 0.446. The Labute approximate surface area is 151 Å². The van der Waals surface area contributed by atoms with E-state index in [9.17, 15) is 19.8 Å². The van der Waals surface area contributed by atoms with Gasteiger partial charge in [-0.2, -0.15) is 0 Å². The second kappa shape index (κ2) is 7.03. The maximum atomic E-state index is 12.1. The van der Waals surface area contributed by atoms with Crippen LogP contribution in [0.4, 0.5) is 0 Å². The predicted octanol–water partition coefficient (Wildman–Crippen LogP) is 1.71. The summed E-state index contributed by atoms with van der Waals surface area (Å²) in [6.45, 7) is 3.45. The monoisotopic (exact) mass is 387 g/mol. The van der Waals surface area contributed by atoms with Crippen LogP contribution in [-0.2, 0) is 9.59 Å². The molecule has 0 saturated carbocycles. The first-order valence-corrected chi connectivity index (χ1v) is 10.2. The number of aliphatic carboxylic acids is 1. The van der Waals surface area contributed by atoms with Crippen LogP contribution in [0.15, 0.2) is 21.2 Å². The molecule has 1 aromatic rings.